The van der Waals surface area contributed by atoms with Crippen LogP contribution in [0, 0.1) is 13.8 Å². The van der Waals surface area contributed by atoms with Crippen LogP contribution in [0.3, 0.4) is 0 Å². The molecule has 0 atom stereocenters. The summed E-state index contributed by atoms with van der Waals surface area (Å²) in [6, 6.07) is -0.0285. The predicted octanol–water partition coefficient (Wildman–Crippen LogP) is 0.692. The van der Waals surface area contributed by atoms with Gasteiger partial charge in [-0.25, -0.2) is 12.7 Å². The van der Waals surface area contributed by atoms with Crippen molar-refractivity contribution in [3.8, 4) is 0 Å². The minimum absolute atomic E-state index is 0. The van der Waals surface area contributed by atoms with Crippen molar-refractivity contribution in [1.29, 1.82) is 0 Å². The van der Waals surface area contributed by atoms with Gasteiger partial charge in [-0.15, -0.1) is 6.54 Å². The second kappa shape index (κ2) is 6.47. The van der Waals surface area contributed by atoms with Crippen molar-refractivity contribution in [2.24, 2.45) is 0 Å². The molecule has 0 N–H and O–H groups in total. The molecule has 12 heavy (non-hydrogen) atoms. The van der Waals surface area contributed by atoms with Crippen LogP contribution in [0.1, 0.15) is 13.8 Å². The molecule has 0 amide bonds. The van der Waals surface area contributed by atoms with E-state index in [1.165, 1.54) is 4.31 Å². The molecular weight excluding hydrogens is 251 g/mol. The topological polar surface area (TPSA) is 37.4 Å². The van der Waals surface area contributed by atoms with Gasteiger partial charge in [0, 0.05) is 38.8 Å². The molecule has 0 heterocycles. The maximum absolute atomic E-state index is 11.2. The third kappa shape index (κ3) is 4.31. The molecule has 0 rings (SSSR count). The van der Waals surface area contributed by atoms with E-state index in [1.807, 2.05) is 13.8 Å². The molecule has 0 aliphatic rings. The van der Waals surface area contributed by atoms with Gasteiger partial charge in [0.15, 0.2) is 10.0 Å². The summed E-state index contributed by atoms with van der Waals surface area (Å²) in [6.07, 6.45) is 0. The number of rotatable bonds is 4. The first-order chi connectivity index (χ1) is 4.95. The summed E-state index contributed by atoms with van der Waals surface area (Å²) in [5, 5.41) is 0. The van der Waals surface area contributed by atoms with E-state index in [9.17, 15) is 8.42 Å². The third-order valence-electron chi connectivity index (χ3n) is 1.41. The van der Waals surface area contributed by atoms with Gasteiger partial charge < -0.3 is 13.8 Å². The third-order valence-corrected chi connectivity index (χ3v) is 3.25. The molecule has 1 radical (unpaired) electrons. The minimum Gasteiger partial charge on any atom is -0.328 e. The van der Waals surface area contributed by atoms with E-state index in [0.717, 1.165) is 0 Å². The zero-order valence-electron chi connectivity index (χ0n) is 7.66. The zero-order valence-corrected chi connectivity index (χ0v) is 11.3. The number of nitrogens with zero attached hydrogens (tertiary/aromatic N) is 1. The van der Waals surface area contributed by atoms with Crippen LogP contribution >= 0.6 is 0 Å². The van der Waals surface area contributed by atoms with Crippen LogP contribution in [0.5, 0.6) is 0 Å². The average Bonchev–Trinajstić information content (AvgIpc) is 1.88. The van der Waals surface area contributed by atoms with E-state index in [0.29, 0.717) is 0 Å². The molecule has 0 aliphatic carbocycles. The molecule has 0 aliphatic heterocycles. The first-order valence-corrected chi connectivity index (χ1v) is 5.14. The van der Waals surface area contributed by atoms with E-state index >= 15 is 0 Å². The van der Waals surface area contributed by atoms with E-state index in [1.54, 1.807) is 0 Å². The summed E-state index contributed by atoms with van der Waals surface area (Å²) in [4.78, 5) is 0. The molecule has 0 bridgehead atoms. The predicted molar refractivity (Wildman–Crippen MR) is 46.3 cm³/mol. The molecule has 0 fully saturated rings. The van der Waals surface area contributed by atoms with Gasteiger partial charge in [0.25, 0.3) is 0 Å². The van der Waals surface area contributed by atoms with Crippen LogP contribution in [-0.4, -0.2) is 31.1 Å². The molecule has 0 unspecified atom stereocenters. The normalized spacial score (nSPS) is 11.8. The van der Waals surface area contributed by atoms with Crippen molar-refractivity contribution in [1.82, 2.24) is 4.31 Å². The second-order valence-electron chi connectivity index (χ2n) is 2.52. The SMILES string of the molecule is [CH2-]CN(C(C)C)S(=O)(=O)C[CH2-].[Y]. The first-order valence-electron chi connectivity index (χ1n) is 3.53. The van der Waals surface area contributed by atoms with Gasteiger partial charge in [0.05, 0.1) is 0 Å². The Morgan fingerprint density at radius 3 is 1.83 bits per heavy atom. The molecule has 3 nitrogen and oxygen atoms in total. The van der Waals surface area contributed by atoms with Crippen LogP contribution in [0.4, 0.5) is 0 Å². The summed E-state index contributed by atoms with van der Waals surface area (Å²) in [6.45, 7) is 10.8. The van der Waals surface area contributed by atoms with Crippen molar-refractivity contribution in [3.63, 3.8) is 0 Å². The Morgan fingerprint density at radius 2 is 1.75 bits per heavy atom. The van der Waals surface area contributed by atoms with Crippen molar-refractivity contribution in [3.05, 3.63) is 13.8 Å². The molecule has 0 spiro atoms. The summed E-state index contributed by atoms with van der Waals surface area (Å²) in [5.41, 5.74) is 0. The van der Waals surface area contributed by atoms with Crippen LogP contribution in [0.25, 0.3) is 0 Å². The van der Waals surface area contributed by atoms with Gasteiger partial charge in [0.2, 0.25) is 0 Å². The van der Waals surface area contributed by atoms with Crippen molar-refractivity contribution >= 4 is 10.0 Å². The standard InChI is InChI=1S/C7H15NO2S.Y/c1-5-8(7(3)4)11(9,10)6-2;/h7H,1-2,5-6H2,3-4H3;/q-2;. The maximum atomic E-state index is 11.2. The Kier molecular flexibility index (Phi) is 8.34. The largest absolute Gasteiger partial charge is 0.328 e. The average molecular weight is 266 g/mol. The van der Waals surface area contributed by atoms with Gasteiger partial charge in [-0.3, -0.25) is 0 Å². The molecule has 71 valence electrons. The number of hydrogen-bond acceptors (Lipinski definition) is 2. The summed E-state index contributed by atoms with van der Waals surface area (Å²) < 4.78 is 23.7. The minimum atomic E-state index is -3.15. The molecule has 0 aromatic carbocycles. The molecule has 0 saturated carbocycles. The first kappa shape index (κ1) is 15.5. The molecular formula is C7H15NO2SY-2. The Balaban J connectivity index is 0. The Bertz CT molecular complexity index is 201. The molecule has 0 aromatic heterocycles. The van der Waals surface area contributed by atoms with Gasteiger partial charge in [-0.2, -0.15) is 0 Å². The Morgan fingerprint density at radius 1 is 1.33 bits per heavy atom. The van der Waals surface area contributed by atoms with Crippen molar-refractivity contribution in [2.45, 2.75) is 19.9 Å². The van der Waals surface area contributed by atoms with E-state index < -0.39 is 10.0 Å². The monoisotopic (exact) mass is 266 g/mol. The summed E-state index contributed by atoms with van der Waals surface area (Å²) in [5.74, 6) is -0.0965. The van der Waals surface area contributed by atoms with E-state index in [4.69, 9.17) is 0 Å². The summed E-state index contributed by atoms with van der Waals surface area (Å²) >= 11 is 0. The zero-order chi connectivity index (χ0) is 9.07. The van der Waals surface area contributed by atoms with E-state index in [-0.39, 0.29) is 51.0 Å². The summed E-state index contributed by atoms with van der Waals surface area (Å²) in [7, 11) is -3.15. The molecule has 0 aromatic rings. The maximum Gasteiger partial charge on any atom is 0.183 e. The van der Waals surface area contributed by atoms with E-state index in [2.05, 4.69) is 13.8 Å². The smallest absolute Gasteiger partial charge is 0.183 e. The second-order valence-corrected chi connectivity index (χ2v) is 4.56. The van der Waals surface area contributed by atoms with Gasteiger partial charge >= 0.3 is 0 Å². The van der Waals surface area contributed by atoms with Crippen LogP contribution in [0.2, 0.25) is 0 Å². The fraction of sp³-hybridized carbons (Fsp3) is 0.714. The number of sulfonamides is 1. The fourth-order valence-corrected chi connectivity index (χ4v) is 1.99. The van der Waals surface area contributed by atoms with Crippen LogP contribution in [-0.2, 0) is 42.7 Å². The number of hydrogen-bond donors (Lipinski definition) is 0. The fourth-order valence-electron chi connectivity index (χ4n) is 0.836. The Labute approximate surface area is 101 Å². The van der Waals surface area contributed by atoms with Gasteiger partial charge in [-0.1, -0.05) is 5.75 Å². The van der Waals surface area contributed by atoms with Crippen molar-refractivity contribution < 1.29 is 41.1 Å². The van der Waals surface area contributed by atoms with Gasteiger partial charge in [-0.05, 0) is 13.8 Å². The van der Waals surface area contributed by atoms with Crippen molar-refractivity contribution in [2.75, 3.05) is 12.3 Å². The molecule has 0 saturated heterocycles. The molecule has 5 heteroatoms. The Hall–Kier alpha value is 1.01. The van der Waals surface area contributed by atoms with Crippen LogP contribution in [0.15, 0.2) is 0 Å². The van der Waals surface area contributed by atoms with Crippen LogP contribution < -0.4 is 0 Å². The quantitative estimate of drug-likeness (QED) is 0.702. The van der Waals surface area contributed by atoms with Gasteiger partial charge in [0.1, 0.15) is 0 Å².